The summed E-state index contributed by atoms with van der Waals surface area (Å²) in [6.07, 6.45) is 7.06. The first kappa shape index (κ1) is 20.3. The Morgan fingerprint density at radius 2 is 1.23 bits per heavy atom. The summed E-state index contributed by atoms with van der Waals surface area (Å²) in [4.78, 5) is 32.5. The maximum Gasteiger partial charge on any atom is 0.252 e. The highest BCUT2D eigenvalue weighted by atomic mass is 32.2. The SMILES string of the molecule is CSCCNC(=O)c1ccc(-c2ccc(C(=O)NCCSC)cn2)nc1. The molecule has 138 valence electrons. The normalized spacial score (nSPS) is 10.4. The fourth-order valence-corrected chi connectivity index (χ4v) is 2.71. The van der Waals surface area contributed by atoms with E-state index in [1.807, 2.05) is 12.5 Å². The van der Waals surface area contributed by atoms with E-state index in [0.717, 1.165) is 11.5 Å². The molecule has 0 bridgehead atoms. The number of carbonyl (C=O) groups is 2. The van der Waals surface area contributed by atoms with Gasteiger partial charge in [0.1, 0.15) is 0 Å². The van der Waals surface area contributed by atoms with Crippen molar-refractivity contribution in [1.82, 2.24) is 20.6 Å². The van der Waals surface area contributed by atoms with Crippen LogP contribution in [0.4, 0.5) is 0 Å². The van der Waals surface area contributed by atoms with Crippen molar-refractivity contribution in [2.24, 2.45) is 0 Å². The maximum absolute atomic E-state index is 12.0. The summed E-state index contributed by atoms with van der Waals surface area (Å²) in [6, 6.07) is 6.96. The number of pyridine rings is 2. The smallest absolute Gasteiger partial charge is 0.252 e. The molecule has 0 aliphatic heterocycles. The Bertz CT molecular complexity index is 657. The number of hydrogen-bond acceptors (Lipinski definition) is 6. The fourth-order valence-electron chi connectivity index (χ4n) is 2.10. The van der Waals surface area contributed by atoms with E-state index in [1.54, 1.807) is 47.8 Å². The second-order valence-corrected chi connectivity index (χ2v) is 7.33. The Hall–Kier alpha value is -2.06. The van der Waals surface area contributed by atoms with Crippen molar-refractivity contribution >= 4 is 35.3 Å². The lowest BCUT2D eigenvalue weighted by molar-refractivity contribution is 0.0947. The first-order valence-corrected chi connectivity index (χ1v) is 10.9. The van der Waals surface area contributed by atoms with Gasteiger partial charge < -0.3 is 10.6 Å². The molecular formula is C18H22N4O2S2. The Balaban J connectivity index is 1.98. The molecule has 0 fully saturated rings. The van der Waals surface area contributed by atoms with Gasteiger partial charge in [0.2, 0.25) is 0 Å². The maximum atomic E-state index is 12.0. The highest BCUT2D eigenvalue weighted by molar-refractivity contribution is 7.98. The average molecular weight is 391 g/mol. The van der Waals surface area contributed by atoms with E-state index in [1.165, 1.54) is 12.4 Å². The molecular weight excluding hydrogens is 368 g/mol. The van der Waals surface area contributed by atoms with Crippen LogP contribution in [0.15, 0.2) is 36.7 Å². The van der Waals surface area contributed by atoms with Gasteiger partial charge in [0.15, 0.2) is 0 Å². The number of nitrogens with one attached hydrogen (secondary N) is 2. The second-order valence-electron chi connectivity index (χ2n) is 5.36. The van der Waals surface area contributed by atoms with Crippen LogP contribution in [0.5, 0.6) is 0 Å². The minimum Gasteiger partial charge on any atom is -0.351 e. The monoisotopic (exact) mass is 390 g/mol. The van der Waals surface area contributed by atoms with Crippen molar-refractivity contribution in [2.75, 3.05) is 37.1 Å². The van der Waals surface area contributed by atoms with Gasteiger partial charge in [0.25, 0.3) is 11.8 Å². The van der Waals surface area contributed by atoms with Crippen LogP contribution in [0.1, 0.15) is 20.7 Å². The quantitative estimate of drug-likeness (QED) is 0.640. The second kappa shape index (κ2) is 10.8. The van der Waals surface area contributed by atoms with Crippen molar-refractivity contribution in [2.45, 2.75) is 0 Å². The van der Waals surface area contributed by atoms with Gasteiger partial charge in [-0.05, 0) is 36.8 Å². The molecule has 2 heterocycles. The number of rotatable bonds is 9. The Morgan fingerprint density at radius 3 is 1.54 bits per heavy atom. The highest BCUT2D eigenvalue weighted by Gasteiger charge is 2.09. The number of amides is 2. The van der Waals surface area contributed by atoms with Crippen molar-refractivity contribution < 1.29 is 9.59 Å². The standard InChI is InChI=1S/C18H22N4O2S2/c1-25-9-7-19-17(23)13-3-5-15(21-11-13)16-6-4-14(12-22-16)18(24)20-8-10-26-2/h3-6,11-12H,7-10H2,1-2H3,(H,19,23)(H,20,24). The van der Waals surface area contributed by atoms with E-state index in [-0.39, 0.29) is 11.8 Å². The molecule has 0 aliphatic rings. The summed E-state index contributed by atoms with van der Waals surface area (Å²) in [5.74, 6) is 1.48. The van der Waals surface area contributed by atoms with Crippen LogP contribution in [0.2, 0.25) is 0 Å². The third-order valence-electron chi connectivity index (χ3n) is 3.50. The van der Waals surface area contributed by atoms with Crippen molar-refractivity contribution in [3.63, 3.8) is 0 Å². The highest BCUT2D eigenvalue weighted by Crippen LogP contribution is 2.15. The molecule has 26 heavy (non-hydrogen) atoms. The Kier molecular flexibility index (Phi) is 8.43. The van der Waals surface area contributed by atoms with E-state index >= 15 is 0 Å². The van der Waals surface area contributed by atoms with Gasteiger partial charge in [-0.15, -0.1) is 0 Å². The van der Waals surface area contributed by atoms with Gasteiger partial charge in [0.05, 0.1) is 22.5 Å². The van der Waals surface area contributed by atoms with E-state index in [2.05, 4.69) is 20.6 Å². The van der Waals surface area contributed by atoms with Crippen molar-refractivity contribution in [3.8, 4) is 11.4 Å². The van der Waals surface area contributed by atoms with Crippen LogP contribution in [-0.2, 0) is 0 Å². The molecule has 2 N–H and O–H groups in total. The van der Waals surface area contributed by atoms with Crippen LogP contribution in [-0.4, -0.2) is 58.9 Å². The van der Waals surface area contributed by atoms with Gasteiger partial charge in [-0.1, -0.05) is 0 Å². The Labute approximate surface area is 162 Å². The minimum absolute atomic E-state index is 0.136. The largest absolute Gasteiger partial charge is 0.351 e. The number of hydrogen-bond donors (Lipinski definition) is 2. The number of thioether (sulfide) groups is 2. The van der Waals surface area contributed by atoms with Gasteiger partial charge >= 0.3 is 0 Å². The lowest BCUT2D eigenvalue weighted by Crippen LogP contribution is -2.25. The van der Waals surface area contributed by atoms with E-state index in [9.17, 15) is 9.59 Å². The summed E-state index contributed by atoms with van der Waals surface area (Å²) < 4.78 is 0. The van der Waals surface area contributed by atoms with Gasteiger partial charge in [-0.2, -0.15) is 23.5 Å². The summed E-state index contributed by atoms with van der Waals surface area (Å²) in [7, 11) is 0. The van der Waals surface area contributed by atoms with E-state index in [4.69, 9.17) is 0 Å². The molecule has 0 unspecified atom stereocenters. The summed E-state index contributed by atoms with van der Waals surface area (Å²) in [5, 5.41) is 5.68. The van der Waals surface area contributed by atoms with Crippen LogP contribution >= 0.6 is 23.5 Å². The first-order valence-electron chi connectivity index (χ1n) is 8.12. The Morgan fingerprint density at radius 1 is 0.808 bits per heavy atom. The van der Waals surface area contributed by atoms with Gasteiger partial charge in [0, 0.05) is 37.0 Å². The third kappa shape index (κ3) is 6.03. The number of aromatic nitrogens is 2. The molecule has 0 atom stereocenters. The molecule has 8 heteroatoms. The zero-order valence-corrected chi connectivity index (χ0v) is 16.5. The predicted octanol–water partition coefficient (Wildman–Crippen LogP) is 2.33. The molecule has 0 spiro atoms. The summed E-state index contributed by atoms with van der Waals surface area (Å²) >= 11 is 3.36. The number of carbonyl (C=O) groups excluding carboxylic acids is 2. The van der Waals surface area contributed by atoms with E-state index in [0.29, 0.717) is 35.6 Å². The summed E-state index contributed by atoms with van der Waals surface area (Å²) in [6.45, 7) is 1.26. The van der Waals surface area contributed by atoms with E-state index < -0.39 is 0 Å². The molecule has 6 nitrogen and oxygen atoms in total. The topological polar surface area (TPSA) is 84.0 Å². The van der Waals surface area contributed by atoms with Crippen molar-refractivity contribution in [1.29, 1.82) is 0 Å². The van der Waals surface area contributed by atoms with Crippen molar-refractivity contribution in [3.05, 3.63) is 47.8 Å². The average Bonchev–Trinajstić information content (AvgIpc) is 2.68. The zero-order chi connectivity index (χ0) is 18.8. The molecule has 0 aromatic carbocycles. The lowest BCUT2D eigenvalue weighted by atomic mass is 10.1. The van der Waals surface area contributed by atoms with Gasteiger partial charge in [-0.25, -0.2) is 0 Å². The molecule has 2 amide bonds. The molecule has 0 saturated heterocycles. The first-order chi connectivity index (χ1) is 12.7. The van der Waals surface area contributed by atoms with Crippen LogP contribution in [0.25, 0.3) is 11.4 Å². The van der Waals surface area contributed by atoms with Crippen LogP contribution < -0.4 is 10.6 Å². The van der Waals surface area contributed by atoms with Crippen LogP contribution in [0.3, 0.4) is 0 Å². The predicted molar refractivity (Wildman–Crippen MR) is 109 cm³/mol. The van der Waals surface area contributed by atoms with Gasteiger partial charge in [-0.3, -0.25) is 19.6 Å². The fraction of sp³-hybridized carbons (Fsp3) is 0.333. The molecule has 0 aliphatic carbocycles. The molecule has 2 rings (SSSR count). The molecule has 0 radical (unpaired) electrons. The summed E-state index contributed by atoms with van der Waals surface area (Å²) in [5.41, 5.74) is 2.33. The molecule has 2 aromatic heterocycles. The minimum atomic E-state index is -0.136. The molecule has 0 saturated carbocycles. The number of nitrogens with zero attached hydrogens (tertiary/aromatic N) is 2. The lowest BCUT2D eigenvalue weighted by Gasteiger charge is -2.06. The molecule has 2 aromatic rings. The third-order valence-corrected chi connectivity index (χ3v) is 4.72. The zero-order valence-electron chi connectivity index (χ0n) is 14.8. The van der Waals surface area contributed by atoms with Crippen LogP contribution in [0, 0.1) is 0 Å².